The highest BCUT2D eigenvalue weighted by Crippen LogP contribution is 2.41. The van der Waals surface area contributed by atoms with Crippen LogP contribution < -0.4 is 10.6 Å². The molecule has 4 aromatic rings. The minimum atomic E-state index is -1.10. The Kier molecular flexibility index (Phi) is 8.82. The lowest BCUT2D eigenvalue weighted by Crippen LogP contribution is -2.32. The van der Waals surface area contributed by atoms with E-state index in [1.807, 2.05) is 49.4 Å². The molecule has 228 valence electrons. The summed E-state index contributed by atoms with van der Waals surface area (Å²) < 4.78 is 26.7. The van der Waals surface area contributed by atoms with Crippen molar-refractivity contribution >= 4 is 46.7 Å². The molecular formula is C30H29ClN6O7. The number of aromatic carboxylic acids is 1. The monoisotopic (exact) mass is 620 g/mol. The van der Waals surface area contributed by atoms with Crippen molar-refractivity contribution in [2.75, 3.05) is 18.5 Å². The van der Waals surface area contributed by atoms with Crippen LogP contribution in [0.4, 0.5) is 10.6 Å². The Morgan fingerprint density at radius 1 is 1.07 bits per heavy atom. The van der Waals surface area contributed by atoms with E-state index >= 15 is 0 Å². The zero-order chi connectivity index (χ0) is 30.6. The highest BCUT2D eigenvalue weighted by atomic mass is 35.5. The number of carbonyl (C=O) groups excluding carboxylic acids is 1. The number of imidazole rings is 1. The molecule has 2 saturated heterocycles. The minimum absolute atomic E-state index is 0.0441. The second-order valence-electron chi connectivity index (χ2n) is 10.0. The minimum Gasteiger partial charge on any atom is -0.478 e. The van der Waals surface area contributed by atoms with Crippen molar-refractivity contribution in [1.29, 1.82) is 0 Å². The standard InChI is InChI=1S/C30H29ClN6O7/c1-2-32-30(40)36-26-23-27(34-15-33-26)37(16-35-23)28-25-24(43-22(44-25)12-11-17-7-4-3-5-8-17)21(42-28)14-41-13-19-18(29(38)39)9-6-10-20(19)31/h3-12,15-16,21-22,24-25,28H,2,13-14H2,1H3,(H,38,39)(H2,32,33,34,36,40)/t21?,22-,24?,25?,28?/m0/s1. The zero-order valence-electron chi connectivity index (χ0n) is 23.5. The van der Waals surface area contributed by atoms with Crippen LogP contribution in [0.25, 0.3) is 17.2 Å². The first-order chi connectivity index (χ1) is 21.4. The van der Waals surface area contributed by atoms with E-state index in [9.17, 15) is 14.7 Å². The number of urea groups is 1. The maximum absolute atomic E-state index is 12.2. The molecule has 2 aromatic heterocycles. The van der Waals surface area contributed by atoms with E-state index in [4.69, 9.17) is 30.5 Å². The molecule has 0 spiro atoms. The van der Waals surface area contributed by atoms with Crippen molar-refractivity contribution in [3.05, 3.63) is 89.0 Å². The number of hydrogen-bond acceptors (Lipinski definition) is 9. The van der Waals surface area contributed by atoms with E-state index in [1.165, 1.54) is 12.4 Å². The summed E-state index contributed by atoms with van der Waals surface area (Å²) in [4.78, 5) is 36.9. The van der Waals surface area contributed by atoms with Gasteiger partial charge in [-0.3, -0.25) is 9.88 Å². The summed E-state index contributed by atoms with van der Waals surface area (Å²) in [6, 6.07) is 14.0. The molecular weight excluding hydrogens is 592 g/mol. The number of ether oxygens (including phenoxy) is 4. The van der Waals surface area contributed by atoms with E-state index in [1.54, 1.807) is 23.0 Å². The van der Waals surface area contributed by atoms with Crippen LogP contribution >= 0.6 is 11.6 Å². The van der Waals surface area contributed by atoms with E-state index in [-0.39, 0.29) is 24.6 Å². The van der Waals surface area contributed by atoms with Gasteiger partial charge in [0.1, 0.15) is 24.6 Å². The van der Waals surface area contributed by atoms with Crippen LogP contribution in [0.2, 0.25) is 5.02 Å². The Balaban J connectivity index is 1.25. The second kappa shape index (κ2) is 13.1. The second-order valence-corrected chi connectivity index (χ2v) is 10.4. The summed E-state index contributed by atoms with van der Waals surface area (Å²) >= 11 is 6.29. The number of rotatable bonds is 10. The Morgan fingerprint density at radius 3 is 2.68 bits per heavy atom. The number of anilines is 1. The van der Waals surface area contributed by atoms with Gasteiger partial charge in [-0.2, -0.15) is 0 Å². The fraction of sp³-hybridized carbons (Fsp3) is 0.300. The molecule has 2 aliphatic rings. The predicted molar refractivity (Wildman–Crippen MR) is 159 cm³/mol. The molecule has 0 saturated carbocycles. The van der Waals surface area contributed by atoms with Gasteiger partial charge in [0.15, 0.2) is 29.5 Å². The first kappa shape index (κ1) is 29.7. The molecule has 2 fully saturated rings. The molecule has 2 aromatic carbocycles. The van der Waals surface area contributed by atoms with Crippen LogP contribution in [0.1, 0.15) is 34.6 Å². The maximum Gasteiger partial charge on any atom is 0.336 e. The SMILES string of the molecule is CCNC(=O)Nc1ncnc2c1ncn2C1OC(COCc2c(Cl)cccc2C(=O)O)C2O[C@H](C=Cc3ccccc3)OC21. The lowest BCUT2D eigenvalue weighted by molar-refractivity contribution is -0.139. The molecule has 6 rings (SSSR count). The van der Waals surface area contributed by atoms with Crippen LogP contribution in [-0.4, -0.2) is 74.4 Å². The number of fused-ring (bicyclic) bond motifs is 2. The number of carboxylic acids is 1. The molecule has 2 aliphatic heterocycles. The number of benzene rings is 2. The number of carbonyl (C=O) groups is 2. The van der Waals surface area contributed by atoms with Gasteiger partial charge in [0.2, 0.25) is 0 Å². The molecule has 0 aliphatic carbocycles. The number of carboxylic acid groups (broad SMARTS) is 1. The molecule has 5 atom stereocenters. The van der Waals surface area contributed by atoms with Gasteiger partial charge in [-0.1, -0.05) is 54.1 Å². The van der Waals surface area contributed by atoms with E-state index in [2.05, 4.69) is 25.6 Å². The summed E-state index contributed by atoms with van der Waals surface area (Å²) in [6.07, 6.45) is 3.53. The number of nitrogens with zero attached hydrogens (tertiary/aromatic N) is 4. The van der Waals surface area contributed by atoms with Gasteiger partial charge >= 0.3 is 12.0 Å². The van der Waals surface area contributed by atoms with Crippen molar-refractivity contribution in [3.63, 3.8) is 0 Å². The van der Waals surface area contributed by atoms with E-state index in [0.29, 0.717) is 28.3 Å². The average Bonchev–Trinajstić information content (AvgIpc) is 3.72. The predicted octanol–water partition coefficient (Wildman–Crippen LogP) is 4.26. The van der Waals surface area contributed by atoms with Gasteiger partial charge in [0.05, 0.1) is 25.1 Å². The number of aromatic nitrogens is 4. The van der Waals surface area contributed by atoms with Crippen molar-refractivity contribution in [3.8, 4) is 0 Å². The average molecular weight is 621 g/mol. The van der Waals surface area contributed by atoms with Gasteiger partial charge in [0, 0.05) is 17.1 Å². The summed E-state index contributed by atoms with van der Waals surface area (Å²) in [6.45, 7) is 2.27. The van der Waals surface area contributed by atoms with Crippen molar-refractivity contribution in [1.82, 2.24) is 24.8 Å². The fourth-order valence-electron chi connectivity index (χ4n) is 5.19. The van der Waals surface area contributed by atoms with Gasteiger partial charge in [0.25, 0.3) is 0 Å². The molecule has 4 unspecified atom stereocenters. The largest absolute Gasteiger partial charge is 0.478 e. The molecule has 14 heteroatoms. The van der Waals surface area contributed by atoms with Crippen LogP contribution in [0.3, 0.4) is 0 Å². The number of halogens is 1. The first-order valence-corrected chi connectivity index (χ1v) is 14.3. The van der Waals surface area contributed by atoms with Crippen LogP contribution in [0.15, 0.2) is 67.3 Å². The normalized spacial score (nSPS) is 22.8. The topological polar surface area (TPSA) is 159 Å². The van der Waals surface area contributed by atoms with Gasteiger partial charge in [-0.25, -0.2) is 24.5 Å². The van der Waals surface area contributed by atoms with Crippen LogP contribution in [0, 0.1) is 0 Å². The lowest BCUT2D eigenvalue weighted by atomic mass is 10.1. The Hall–Kier alpha value is -4.40. The highest BCUT2D eigenvalue weighted by molar-refractivity contribution is 6.31. The third-order valence-electron chi connectivity index (χ3n) is 7.19. The van der Waals surface area contributed by atoms with Crippen molar-refractivity contribution < 1.29 is 33.6 Å². The summed E-state index contributed by atoms with van der Waals surface area (Å²) in [5.74, 6) is -0.853. The fourth-order valence-corrected chi connectivity index (χ4v) is 5.42. The Morgan fingerprint density at radius 2 is 1.89 bits per heavy atom. The Labute approximate surface area is 256 Å². The van der Waals surface area contributed by atoms with Gasteiger partial charge < -0.3 is 29.4 Å². The molecule has 0 bridgehead atoms. The lowest BCUT2D eigenvalue weighted by Gasteiger charge is -2.20. The van der Waals surface area contributed by atoms with Crippen molar-refractivity contribution in [2.45, 2.75) is 44.4 Å². The quantitative estimate of drug-likeness (QED) is 0.234. The zero-order valence-corrected chi connectivity index (χ0v) is 24.3. The maximum atomic E-state index is 12.2. The number of hydrogen-bond donors (Lipinski definition) is 3. The van der Waals surface area contributed by atoms with Crippen molar-refractivity contribution in [2.24, 2.45) is 0 Å². The first-order valence-electron chi connectivity index (χ1n) is 13.9. The molecule has 44 heavy (non-hydrogen) atoms. The van der Waals surface area contributed by atoms with Crippen LogP contribution in [-0.2, 0) is 25.6 Å². The third kappa shape index (κ3) is 6.14. The highest BCUT2D eigenvalue weighted by Gasteiger charge is 2.53. The van der Waals surface area contributed by atoms with Gasteiger partial charge in [-0.05, 0) is 30.7 Å². The van der Waals surface area contributed by atoms with E-state index in [0.717, 1.165) is 5.56 Å². The molecule has 13 nitrogen and oxygen atoms in total. The molecule has 3 N–H and O–H groups in total. The molecule has 0 radical (unpaired) electrons. The van der Waals surface area contributed by atoms with Crippen LogP contribution in [0.5, 0.6) is 0 Å². The third-order valence-corrected chi connectivity index (χ3v) is 7.55. The summed E-state index contributed by atoms with van der Waals surface area (Å²) in [5.41, 5.74) is 2.21. The van der Waals surface area contributed by atoms with Gasteiger partial charge in [-0.15, -0.1) is 0 Å². The van der Waals surface area contributed by atoms with E-state index < -0.39 is 42.8 Å². The summed E-state index contributed by atoms with van der Waals surface area (Å²) in [5, 5.41) is 15.2. The smallest absolute Gasteiger partial charge is 0.336 e. The number of nitrogens with one attached hydrogen (secondary N) is 2. The Bertz CT molecular complexity index is 1680. The summed E-state index contributed by atoms with van der Waals surface area (Å²) in [7, 11) is 0. The molecule has 4 heterocycles. The number of amides is 2. The molecule has 2 amide bonds.